The third-order valence-electron chi connectivity index (χ3n) is 2.49. The van der Waals surface area contributed by atoms with Crippen LogP contribution in [0.15, 0.2) is 28.5 Å². The Morgan fingerprint density at radius 1 is 1.56 bits per heavy atom. The largest absolute Gasteiger partial charge is 0.347 e. The fourth-order valence-electron chi connectivity index (χ4n) is 1.84. The zero-order valence-corrected chi connectivity index (χ0v) is 11.6. The Kier molecular flexibility index (Phi) is 3.38. The fourth-order valence-corrected chi connectivity index (χ4v) is 2.26. The Labute approximate surface area is 113 Å². The fraction of sp³-hybridized carbons (Fsp3) is 0.333. The molecule has 0 atom stereocenters. The van der Waals surface area contributed by atoms with Gasteiger partial charge in [0.1, 0.15) is 11.6 Å². The lowest BCUT2D eigenvalue weighted by Crippen LogP contribution is -2.46. The molecule has 1 aromatic heterocycles. The summed E-state index contributed by atoms with van der Waals surface area (Å²) < 4.78 is 13.4. The molecule has 2 rings (SSSR count). The molecular formula is C12H13BrFN3O. The molecule has 1 amide bonds. The van der Waals surface area contributed by atoms with Crippen molar-refractivity contribution in [2.75, 3.05) is 5.32 Å². The van der Waals surface area contributed by atoms with Crippen LogP contribution in [0.25, 0.3) is 0 Å². The minimum absolute atomic E-state index is 0.146. The average Bonchev–Trinajstić information content (AvgIpc) is 2.19. The first-order valence-corrected chi connectivity index (χ1v) is 6.26. The van der Waals surface area contributed by atoms with E-state index in [1.165, 1.54) is 12.1 Å². The first-order valence-electron chi connectivity index (χ1n) is 5.46. The normalized spacial score (nSPS) is 18.0. The number of amides is 1. The van der Waals surface area contributed by atoms with Gasteiger partial charge in [0.15, 0.2) is 0 Å². The summed E-state index contributed by atoms with van der Waals surface area (Å²) in [7, 11) is 0. The Bertz CT molecular complexity index is 528. The molecule has 0 aromatic carbocycles. The van der Waals surface area contributed by atoms with E-state index in [2.05, 4.69) is 31.5 Å². The van der Waals surface area contributed by atoms with Gasteiger partial charge in [-0.2, -0.15) is 0 Å². The molecule has 1 aliphatic heterocycles. The lowest BCUT2D eigenvalue weighted by atomic mass is 9.95. The molecule has 2 N–H and O–H groups in total. The van der Waals surface area contributed by atoms with Gasteiger partial charge in [0, 0.05) is 23.7 Å². The predicted octanol–water partition coefficient (Wildman–Crippen LogP) is 2.58. The molecule has 4 nitrogen and oxygen atoms in total. The quantitative estimate of drug-likeness (QED) is 0.882. The number of carbonyl (C=O) groups is 1. The zero-order valence-electron chi connectivity index (χ0n) is 10.1. The van der Waals surface area contributed by atoms with Gasteiger partial charge in [0.2, 0.25) is 5.91 Å². The third kappa shape index (κ3) is 3.07. The molecular weight excluding hydrogens is 301 g/mol. The molecule has 2 heterocycles. The Morgan fingerprint density at radius 2 is 2.28 bits per heavy atom. The van der Waals surface area contributed by atoms with E-state index in [1.807, 2.05) is 13.8 Å². The van der Waals surface area contributed by atoms with Gasteiger partial charge in [-0.25, -0.2) is 9.37 Å². The molecule has 0 fully saturated rings. The van der Waals surface area contributed by atoms with Gasteiger partial charge < -0.3 is 10.6 Å². The second-order valence-electron chi connectivity index (χ2n) is 4.83. The highest BCUT2D eigenvalue weighted by molar-refractivity contribution is 9.10. The Balaban J connectivity index is 2.21. The highest BCUT2D eigenvalue weighted by Gasteiger charge is 2.26. The number of hydrogen-bond acceptors (Lipinski definition) is 3. The maximum absolute atomic E-state index is 12.9. The van der Waals surface area contributed by atoms with Crippen LogP contribution in [0, 0.1) is 5.82 Å². The SMILES string of the molecule is CC1(C)CC(Nc2ncc(F)cc2Br)=CC(=O)N1. The van der Waals surface area contributed by atoms with Crippen LogP contribution >= 0.6 is 15.9 Å². The molecule has 0 saturated carbocycles. The van der Waals surface area contributed by atoms with Crippen molar-refractivity contribution in [3.8, 4) is 0 Å². The zero-order chi connectivity index (χ0) is 13.3. The van der Waals surface area contributed by atoms with Gasteiger partial charge in [-0.05, 0) is 35.8 Å². The second-order valence-corrected chi connectivity index (χ2v) is 5.68. The maximum Gasteiger partial charge on any atom is 0.246 e. The van der Waals surface area contributed by atoms with Crippen LogP contribution in [0.2, 0.25) is 0 Å². The topological polar surface area (TPSA) is 54.0 Å². The first kappa shape index (κ1) is 13.0. The number of rotatable bonds is 2. The van der Waals surface area contributed by atoms with E-state index in [0.29, 0.717) is 16.7 Å². The third-order valence-corrected chi connectivity index (χ3v) is 3.09. The standard InChI is InChI=1S/C12H13BrFN3O/c1-12(2)5-8(4-10(18)17-12)16-11-9(13)3-7(14)6-15-11/h3-4,6H,5H2,1-2H3,(H,15,16)(H,17,18). The number of carbonyl (C=O) groups excluding carboxylic acids is 1. The van der Waals surface area contributed by atoms with Crippen LogP contribution < -0.4 is 10.6 Å². The molecule has 0 radical (unpaired) electrons. The molecule has 96 valence electrons. The molecule has 0 saturated heterocycles. The van der Waals surface area contributed by atoms with Crippen LogP contribution in [-0.2, 0) is 4.79 Å². The van der Waals surface area contributed by atoms with E-state index >= 15 is 0 Å². The van der Waals surface area contributed by atoms with E-state index in [-0.39, 0.29) is 11.4 Å². The van der Waals surface area contributed by atoms with Gasteiger partial charge in [0.25, 0.3) is 0 Å². The number of anilines is 1. The van der Waals surface area contributed by atoms with Crippen LogP contribution in [0.3, 0.4) is 0 Å². The molecule has 0 spiro atoms. The lowest BCUT2D eigenvalue weighted by Gasteiger charge is -2.31. The van der Waals surface area contributed by atoms with Gasteiger partial charge >= 0.3 is 0 Å². The Hall–Kier alpha value is -1.43. The smallest absolute Gasteiger partial charge is 0.246 e. The highest BCUT2D eigenvalue weighted by Crippen LogP contribution is 2.25. The molecule has 6 heteroatoms. The summed E-state index contributed by atoms with van der Waals surface area (Å²) >= 11 is 3.22. The van der Waals surface area contributed by atoms with E-state index in [0.717, 1.165) is 11.9 Å². The van der Waals surface area contributed by atoms with Crippen molar-refractivity contribution in [3.05, 3.63) is 34.3 Å². The predicted molar refractivity (Wildman–Crippen MR) is 70.4 cm³/mol. The van der Waals surface area contributed by atoms with Gasteiger partial charge in [-0.3, -0.25) is 4.79 Å². The van der Waals surface area contributed by atoms with Crippen molar-refractivity contribution in [3.63, 3.8) is 0 Å². The monoisotopic (exact) mass is 313 g/mol. The van der Waals surface area contributed by atoms with E-state index < -0.39 is 5.82 Å². The molecule has 1 aromatic rings. The van der Waals surface area contributed by atoms with Crippen LogP contribution in [0.4, 0.5) is 10.2 Å². The van der Waals surface area contributed by atoms with Crippen molar-refractivity contribution in [2.45, 2.75) is 25.8 Å². The van der Waals surface area contributed by atoms with Crippen LogP contribution in [-0.4, -0.2) is 16.4 Å². The van der Waals surface area contributed by atoms with Crippen molar-refractivity contribution < 1.29 is 9.18 Å². The first-order chi connectivity index (χ1) is 8.35. The van der Waals surface area contributed by atoms with Crippen molar-refractivity contribution >= 4 is 27.7 Å². The molecule has 1 aliphatic rings. The number of nitrogens with one attached hydrogen (secondary N) is 2. The van der Waals surface area contributed by atoms with Crippen molar-refractivity contribution in [1.82, 2.24) is 10.3 Å². The summed E-state index contributed by atoms with van der Waals surface area (Å²) in [6, 6.07) is 1.32. The lowest BCUT2D eigenvalue weighted by molar-refractivity contribution is -0.118. The maximum atomic E-state index is 12.9. The molecule has 0 aliphatic carbocycles. The van der Waals surface area contributed by atoms with E-state index in [4.69, 9.17) is 0 Å². The molecule has 0 bridgehead atoms. The molecule has 0 unspecified atom stereocenters. The van der Waals surface area contributed by atoms with E-state index in [1.54, 1.807) is 0 Å². The summed E-state index contributed by atoms with van der Waals surface area (Å²) in [5, 5.41) is 5.89. The van der Waals surface area contributed by atoms with Crippen molar-refractivity contribution in [1.29, 1.82) is 0 Å². The van der Waals surface area contributed by atoms with Crippen LogP contribution in [0.1, 0.15) is 20.3 Å². The van der Waals surface area contributed by atoms with Gasteiger partial charge in [-0.15, -0.1) is 0 Å². The summed E-state index contributed by atoms with van der Waals surface area (Å²) in [4.78, 5) is 15.4. The van der Waals surface area contributed by atoms with E-state index in [9.17, 15) is 9.18 Å². The minimum atomic E-state index is -0.414. The number of hydrogen-bond donors (Lipinski definition) is 2. The number of halogens is 2. The molecule has 18 heavy (non-hydrogen) atoms. The average molecular weight is 314 g/mol. The second kappa shape index (κ2) is 4.68. The minimum Gasteiger partial charge on any atom is -0.347 e. The van der Waals surface area contributed by atoms with Gasteiger partial charge in [-0.1, -0.05) is 0 Å². The summed E-state index contributed by atoms with van der Waals surface area (Å²) in [6.07, 6.45) is 3.27. The van der Waals surface area contributed by atoms with Crippen LogP contribution in [0.5, 0.6) is 0 Å². The number of pyridine rings is 1. The Morgan fingerprint density at radius 3 is 2.89 bits per heavy atom. The number of aromatic nitrogens is 1. The van der Waals surface area contributed by atoms with Crippen molar-refractivity contribution in [2.24, 2.45) is 0 Å². The summed E-state index contributed by atoms with van der Waals surface area (Å²) in [5.41, 5.74) is 0.448. The summed E-state index contributed by atoms with van der Waals surface area (Å²) in [6.45, 7) is 3.87. The highest BCUT2D eigenvalue weighted by atomic mass is 79.9. The summed E-state index contributed by atoms with van der Waals surface area (Å²) in [5.74, 6) is -0.0664. The van der Waals surface area contributed by atoms with Gasteiger partial charge in [0.05, 0.1) is 10.7 Å². The number of nitrogens with zero attached hydrogens (tertiary/aromatic N) is 1.